The molecule has 2 unspecified atom stereocenters. The number of nitrogens with zero attached hydrogens (tertiary/aromatic N) is 3. The van der Waals surface area contributed by atoms with E-state index in [1.165, 1.54) is 12.8 Å². The van der Waals surface area contributed by atoms with E-state index in [0.29, 0.717) is 17.6 Å². The molecular weight excluding hydrogens is 244 g/mol. The van der Waals surface area contributed by atoms with Crippen molar-refractivity contribution in [2.24, 2.45) is 5.92 Å². The van der Waals surface area contributed by atoms with E-state index in [0.717, 1.165) is 26.2 Å². The molecule has 1 aliphatic carbocycles. The van der Waals surface area contributed by atoms with Gasteiger partial charge in [-0.05, 0) is 25.7 Å². The molecule has 2 aliphatic rings. The van der Waals surface area contributed by atoms with Gasteiger partial charge >= 0.3 is 0 Å². The van der Waals surface area contributed by atoms with E-state index in [9.17, 15) is 0 Å². The van der Waals surface area contributed by atoms with E-state index < -0.39 is 0 Å². The first-order valence-corrected chi connectivity index (χ1v) is 7.10. The lowest BCUT2D eigenvalue weighted by Crippen LogP contribution is -2.44. The van der Waals surface area contributed by atoms with E-state index in [-0.39, 0.29) is 12.1 Å². The second kappa shape index (κ2) is 5.56. The van der Waals surface area contributed by atoms with Crippen molar-refractivity contribution in [2.75, 3.05) is 33.3 Å². The van der Waals surface area contributed by atoms with E-state index in [1.807, 2.05) is 0 Å². The first kappa shape index (κ1) is 13.0. The van der Waals surface area contributed by atoms with Gasteiger partial charge in [0.1, 0.15) is 6.10 Å². The van der Waals surface area contributed by atoms with Gasteiger partial charge in [-0.2, -0.15) is 4.98 Å². The van der Waals surface area contributed by atoms with Crippen LogP contribution in [0.5, 0.6) is 0 Å². The summed E-state index contributed by atoms with van der Waals surface area (Å²) < 4.78 is 10.9. The molecule has 2 atom stereocenters. The van der Waals surface area contributed by atoms with E-state index >= 15 is 0 Å². The molecule has 0 bridgehead atoms. The number of hydrogen-bond acceptors (Lipinski definition) is 6. The second-order valence-electron chi connectivity index (χ2n) is 5.45. The Labute approximate surface area is 113 Å². The van der Waals surface area contributed by atoms with Crippen LogP contribution in [0.15, 0.2) is 4.52 Å². The summed E-state index contributed by atoms with van der Waals surface area (Å²) in [5, 5.41) is 7.46. The molecule has 1 aromatic rings. The first-order valence-electron chi connectivity index (χ1n) is 7.10. The third-order valence-electron chi connectivity index (χ3n) is 4.07. The van der Waals surface area contributed by atoms with Gasteiger partial charge in [0.05, 0.1) is 6.04 Å². The molecule has 1 N–H and O–H groups in total. The summed E-state index contributed by atoms with van der Waals surface area (Å²) >= 11 is 0. The molecule has 0 spiro atoms. The van der Waals surface area contributed by atoms with Crippen LogP contribution >= 0.6 is 0 Å². The number of rotatable bonds is 5. The Morgan fingerprint density at radius 1 is 1.37 bits per heavy atom. The van der Waals surface area contributed by atoms with Crippen LogP contribution in [-0.2, 0) is 4.74 Å². The zero-order chi connectivity index (χ0) is 13.2. The van der Waals surface area contributed by atoms with Gasteiger partial charge in [-0.1, -0.05) is 5.16 Å². The van der Waals surface area contributed by atoms with E-state index in [4.69, 9.17) is 9.26 Å². The van der Waals surface area contributed by atoms with Crippen LogP contribution in [-0.4, -0.2) is 48.3 Å². The number of piperazine rings is 1. The molecule has 3 rings (SSSR count). The van der Waals surface area contributed by atoms with Crippen LogP contribution in [0.3, 0.4) is 0 Å². The molecule has 2 fully saturated rings. The van der Waals surface area contributed by atoms with Crippen LogP contribution in [0.2, 0.25) is 0 Å². The van der Waals surface area contributed by atoms with Gasteiger partial charge in [-0.25, -0.2) is 0 Å². The summed E-state index contributed by atoms with van der Waals surface area (Å²) in [6, 6.07) is 0.181. The molecule has 1 saturated carbocycles. The van der Waals surface area contributed by atoms with E-state index in [1.54, 1.807) is 7.11 Å². The van der Waals surface area contributed by atoms with Crippen molar-refractivity contribution in [1.29, 1.82) is 0 Å². The van der Waals surface area contributed by atoms with Crippen molar-refractivity contribution in [3.05, 3.63) is 11.7 Å². The monoisotopic (exact) mass is 266 g/mol. The molecule has 0 radical (unpaired) electrons. The average Bonchev–Trinajstić information content (AvgIpc) is 3.17. The lowest BCUT2D eigenvalue weighted by atomic mass is 10.2. The van der Waals surface area contributed by atoms with Crippen LogP contribution in [0.1, 0.15) is 43.6 Å². The maximum atomic E-state index is 5.49. The van der Waals surface area contributed by atoms with Crippen molar-refractivity contribution >= 4 is 0 Å². The minimum atomic E-state index is 0.00715. The Balaban J connectivity index is 1.69. The zero-order valence-corrected chi connectivity index (χ0v) is 11.6. The number of nitrogens with one attached hydrogen (secondary N) is 1. The van der Waals surface area contributed by atoms with Crippen molar-refractivity contribution in [3.8, 4) is 0 Å². The van der Waals surface area contributed by atoms with Gasteiger partial charge in [0.2, 0.25) is 11.7 Å². The van der Waals surface area contributed by atoms with Crippen LogP contribution in [0.25, 0.3) is 0 Å². The van der Waals surface area contributed by atoms with Gasteiger partial charge in [-0.3, -0.25) is 4.90 Å². The molecule has 6 heteroatoms. The molecular formula is C13H22N4O2. The summed E-state index contributed by atoms with van der Waals surface area (Å²) in [4.78, 5) is 6.92. The average molecular weight is 266 g/mol. The highest BCUT2D eigenvalue weighted by Crippen LogP contribution is 2.42. The molecule has 19 heavy (non-hydrogen) atoms. The van der Waals surface area contributed by atoms with Gasteiger partial charge in [-0.15, -0.1) is 0 Å². The van der Waals surface area contributed by atoms with Crippen molar-refractivity contribution in [3.63, 3.8) is 0 Å². The predicted octanol–water partition coefficient (Wildman–Crippen LogP) is 1.13. The first-order chi connectivity index (χ1) is 9.29. The highest BCUT2D eigenvalue weighted by Gasteiger charge is 2.36. The lowest BCUT2D eigenvalue weighted by molar-refractivity contribution is 0.0750. The molecule has 106 valence electrons. The molecule has 1 saturated heterocycles. The van der Waals surface area contributed by atoms with Crippen molar-refractivity contribution in [1.82, 2.24) is 20.4 Å². The molecule has 0 amide bonds. The fourth-order valence-corrected chi connectivity index (χ4v) is 2.67. The fraction of sp³-hybridized carbons (Fsp3) is 0.846. The number of methoxy groups -OCH3 is 1. The molecule has 0 aromatic carbocycles. The maximum Gasteiger partial charge on any atom is 0.243 e. The minimum absolute atomic E-state index is 0.00715. The third-order valence-corrected chi connectivity index (χ3v) is 4.07. The van der Waals surface area contributed by atoms with Gasteiger partial charge in [0.15, 0.2) is 0 Å². The van der Waals surface area contributed by atoms with Gasteiger partial charge in [0, 0.05) is 33.3 Å². The summed E-state index contributed by atoms with van der Waals surface area (Å²) in [6.45, 7) is 6.22. The largest absolute Gasteiger partial charge is 0.373 e. The SMILES string of the molecule is COC(c1noc(C(C)N2CCNCC2)n1)C1CC1. The maximum absolute atomic E-state index is 5.49. The van der Waals surface area contributed by atoms with Gasteiger partial charge < -0.3 is 14.6 Å². The van der Waals surface area contributed by atoms with Gasteiger partial charge in [0.25, 0.3) is 0 Å². The van der Waals surface area contributed by atoms with Crippen molar-refractivity contribution < 1.29 is 9.26 Å². The standard InChI is InChI=1S/C13H22N4O2/c1-9(17-7-5-14-6-8-17)13-15-12(16-19-13)11(18-2)10-3-4-10/h9-11,14H,3-8H2,1-2H3. The Bertz CT molecular complexity index is 413. The van der Waals surface area contributed by atoms with Crippen LogP contribution in [0, 0.1) is 5.92 Å². The normalized spacial score (nSPS) is 24.3. The van der Waals surface area contributed by atoms with Crippen LogP contribution in [0.4, 0.5) is 0 Å². The molecule has 2 heterocycles. The quantitative estimate of drug-likeness (QED) is 0.862. The number of hydrogen-bond donors (Lipinski definition) is 1. The summed E-state index contributed by atoms with van der Waals surface area (Å²) in [6.07, 6.45) is 2.42. The van der Waals surface area contributed by atoms with Crippen LogP contribution < -0.4 is 5.32 Å². The number of aromatic nitrogens is 2. The molecule has 1 aromatic heterocycles. The number of ether oxygens (including phenoxy) is 1. The third kappa shape index (κ3) is 2.80. The Morgan fingerprint density at radius 2 is 2.11 bits per heavy atom. The highest BCUT2D eigenvalue weighted by atomic mass is 16.5. The lowest BCUT2D eigenvalue weighted by Gasteiger charge is -2.30. The molecule has 1 aliphatic heterocycles. The summed E-state index contributed by atoms with van der Waals surface area (Å²) in [5.41, 5.74) is 0. The Hall–Kier alpha value is -0.980. The highest BCUT2D eigenvalue weighted by molar-refractivity contribution is 5.00. The second-order valence-corrected chi connectivity index (χ2v) is 5.45. The molecule has 6 nitrogen and oxygen atoms in total. The summed E-state index contributed by atoms with van der Waals surface area (Å²) in [5.74, 6) is 1.99. The smallest absolute Gasteiger partial charge is 0.243 e. The Morgan fingerprint density at radius 3 is 2.74 bits per heavy atom. The minimum Gasteiger partial charge on any atom is -0.373 e. The zero-order valence-electron chi connectivity index (χ0n) is 11.6. The van der Waals surface area contributed by atoms with E-state index in [2.05, 4.69) is 27.3 Å². The Kier molecular flexibility index (Phi) is 3.81. The van der Waals surface area contributed by atoms with Crippen molar-refractivity contribution in [2.45, 2.75) is 31.9 Å². The fourth-order valence-electron chi connectivity index (χ4n) is 2.67. The summed E-state index contributed by atoms with van der Waals surface area (Å²) in [7, 11) is 1.72. The predicted molar refractivity (Wildman–Crippen MR) is 69.6 cm³/mol. The topological polar surface area (TPSA) is 63.4 Å².